The first-order chi connectivity index (χ1) is 12.4. The molecule has 0 radical (unpaired) electrons. The second-order valence-electron chi connectivity index (χ2n) is 5.66. The number of halogens is 2. The number of hydrogen-bond donors (Lipinski definition) is 1. The van der Waals surface area contributed by atoms with E-state index in [1.807, 2.05) is 6.07 Å². The Balaban J connectivity index is 1.95. The van der Waals surface area contributed by atoms with Crippen LogP contribution in [0, 0.1) is 11.3 Å². The van der Waals surface area contributed by atoms with Gasteiger partial charge in [0.15, 0.2) is 0 Å². The van der Waals surface area contributed by atoms with Gasteiger partial charge in [-0.3, -0.25) is 9.59 Å². The molecule has 2 amide bonds. The van der Waals surface area contributed by atoms with Crippen molar-refractivity contribution >= 4 is 40.7 Å². The van der Waals surface area contributed by atoms with Gasteiger partial charge in [-0.05, 0) is 48.4 Å². The summed E-state index contributed by atoms with van der Waals surface area (Å²) in [5.74, 6) is -0.517. The lowest BCUT2D eigenvalue weighted by atomic mass is 10.1. The van der Waals surface area contributed by atoms with Crippen LogP contribution in [-0.2, 0) is 16.0 Å². The van der Waals surface area contributed by atoms with E-state index in [0.29, 0.717) is 34.3 Å². The van der Waals surface area contributed by atoms with Gasteiger partial charge in [0.2, 0.25) is 11.8 Å². The Morgan fingerprint density at radius 2 is 1.85 bits per heavy atom. The van der Waals surface area contributed by atoms with E-state index in [9.17, 15) is 9.59 Å². The van der Waals surface area contributed by atoms with Crippen molar-refractivity contribution in [2.45, 2.75) is 13.3 Å². The minimum absolute atomic E-state index is 0.0689. The van der Waals surface area contributed by atoms with Gasteiger partial charge in [0, 0.05) is 29.2 Å². The number of anilines is 1. The first kappa shape index (κ1) is 19.8. The highest BCUT2D eigenvalue weighted by molar-refractivity contribution is 6.35. The molecule has 0 aliphatic rings. The molecule has 2 rings (SSSR count). The van der Waals surface area contributed by atoms with Gasteiger partial charge in [0.25, 0.3) is 0 Å². The summed E-state index contributed by atoms with van der Waals surface area (Å²) in [5.41, 5.74) is 1.93. The average molecular weight is 390 g/mol. The van der Waals surface area contributed by atoms with Crippen LogP contribution in [0.25, 0.3) is 0 Å². The van der Waals surface area contributed by atoms with Crippen molar-refractivity contribution in [3.8, 4) is 6.07 Å². The van der Waals surface area contributed by atoms with Crippen LogP contribution in [0.1, 0.15) is 18.1 Å². The normalized spacial score (nSPS) is 10.1. The van der Waals surface area contributed by atoms with Crippen LogP contribution in [0.5, 0.6) is 0 Å². The molecule has 0 aromatic heterocycles. The molecule has 134 valence electrons. The minimum Gasteiger partial charge on any atom is -0.333 e. The molecule has 0 atom stereocenters. The van der Waals surface area contributed by atoms with E-state index in [0.717, 1.165) is 5.56 Å². The Morgan fingerprint density at radius 1 is 1.15 bits per heavy atom. The minimum atomic E-state index is -0.313. The Bertz CT molecular complexity index is 845. The lowest BCUT2D eigenvalue weighted by molar-refractivity contribution is -0.132. The van der Waals surface area contributed by atoms with Crippen molar-refractivity contribution in [1.82, 2.24) is 4.90 Å². The first-order valence-electron chi connectivity index (χ1n) is 7.88. The summed E-state index contributed by atoms with van der Waals surface area (Å²) in [7, 11) is 0. The maximum atomic E-state index is 12.2. The standard InChI is InChI=1S/C19H17Cl2N3O2/c1-13(25)24(9-8-15-4-5-16(20)10-18(15)21)12-19(26)23-17-6-2-14(11-22)3-7-17/h2-7,10H,8-9,12H2,1H3,(H,23,26). The van der Waals surface area contributed by atoms with Crippen LogP contribution in [0.3, 0.4) is 0 Å². The maximum absolute atomic E-state index is 12.2. The summed E-state index contributed by atoms with van der Waals surface area (Å²) < 4.78 is 0. The number of amides is 2. The first-order valence-corrected chi connectivity index (χ1v) is 8.64. The SMILES string of the molecule is CC(=O)N(CCc1ccc(Cl)cc1Cl)CC(=O)Nc1ccc(C#N)cc1. The van der Waals surface area contributed by atoms with E-state index in [1.54, 1.807) is 42.5 Å². The van der Waals surface area contributed by atoms with Crippen LogP contribution >= 0.6 is 23.2 Å². The molecule has 7 heteroatoms. The van der Waals surface area contributed by atoms with Gasteiger partial charge in [0.1, 0.15) is 0 Å². The summed E-state index contributed by atoms with van der Waals surface area (Å²) in [6.45, 7) is 1.70. The van der Waals surface area contributed by atoms with Crippen LogP contribution in [0.2, 0.25) is 10.0 Å². The second kappa shape index (κ2) is 9.23. The topological polar surface area (TPSA) is 73.2 Å². The van der Waals surface area contributed by atoms with Crippen LogP contribution in [0.4, 0.5) is 5.69 Å². The lowest BCUT2D eigenvalue weighted by Crippen LogP contribution is -2.38. The number of hydrogen-bond acceptors (Lipinski definition) is 3. The van der Waals surface area contributed by atoms with Gasteiger partial charge >= 0.3 is 0 Å². The average Bonchev–Trinajstić information content (AvgIpc) is 2.60. The number of nitrogens with one attached hydrogen (secondary N) is 1. The zero-order valence-electron chi connectivity index (χ0n) is 14.1. The molecule has 0 bridgehead atoms. The summed E-state index contributed by atoms with van der Waals surface area (Å²) in [5, 5.41) is 12.6. The summed E-state index contributed by atoms with van der Waals surface area (Å²) in [6.07, 6.45) is 0.514. The molecular formula is C19H17Cl2N3O2. The molecule has 2 aromatic rings. The van der Waals surface area contributed by atoms with E-state index in [-0.39, 0.29) is 18.4 Å². The molecule has 0 aliphatic heterocycles. The molecule has 26 heavy (non-hydrogen) atoms. The predicted molar refractivity (Wildman–Crippen MR) is 102 cm³/mol. The summed E-state index contributed by atoms with van der Waals surface area (Å²) in [6, 6.07) is 13.7. The highest BCUT2D eigenvalue weighted by Crippen LogP contribution is 2.21. The van der Waals surface area contributed by atoms with Crippen LogP contribution < -0.4 is 5.32 Å². The third-order valence-electron chi connectivity index (χ3n) is 3.74. The Kier molecular flexibility index (Phi) is 7.02. The van der Waals surface area contributed by atoms with E-state index in [4.69, 9.17) is 28.5 Å². The lowest BCUT2D eigenvalue weighted by Gasteiger charge is -2.21. The van der Waals surface area contributed by atoms with Gasteiger partial charge in [-0.25, -0.2) is 0 Å². The number of rotatable bonds is 6. The summed E-state index contributed by atoms with van der Waals surface area (Å²) in [4.78, 5) is 25.5. The maximum Gasteiger partial charge on any atom is 0.243 e. The van der Waals surface area contributed by atoms with Crippen molar-refractivity contribution in [2.75, 3.05) is 18.4 Å². The smallest absolute Gasteiger partial charge is 0.243 e. The molecule has 0 saturated heterocycles. The van der Waals surface area contributed by atoms with Crippen LogP contribution in [0.15, 0.2) is 42.5 Å². The number of carbonyl (C=O) groups is 2. The zero-order valence-corrected chi connectivity index (χ0v) is 15.6. The van der Waals surface area contributed by atoms with Gasteiger partial charge < -0.3 is 10.2 Å². The predicted octanol–water partition coefficient (Wildman–Crippen LogP) is 3.89. The second-order valence-corrected chi connectivity index (χ2v) is 6.51. The van der Waals surface area contributed by atoms with E-state index < -0.39 is 0 Å². The Hall–Kier alpha value is -2.55. The Labute approximate surface area is 162 Å². The van der Waals surface area contributed by atoms with Gasteiger partial charge in [-0.1, -0.05) is 29.3 Å². The van der Waals surface area contributed by atoms with Crippen molar-refractivity contribution in [3.63, 3.8) is 0 Å². The third kappa shape index (κ3) is 5.76. The summed E-state index contributed by atoms with van der Waals surface area (Å²) >= 11 is 12.0. The fraction of sp³-hybridized carbons (Fsp3) is 0.211. The van der Waals surface area contributed by atoms with E-state index >= 15 is 0 Å². The van der Waals surface area contributed by atoms with Crippen molar-refractivity contribution < 1.29 is 9.59 Å². The quantitative estimate of drug-likeness (QED) is 0.813. The number of nitriles is 1. The molecule has 1 N–H and O–H groups in total. The highest BCUT2D eigenvalue weighted by Gasteiger charge is 2.14. The van der Waals surface area contributed by atoms with Crippen molar-refractivity contribution in [3.05, 3.63) is 63.6 Å². The molecular weight excluding hydrogens is 373 g/mol. The molecule has 0 aliphatic carbocycles. The highest BCUT2D eigenvalue weighted by atomic mass is 35.5. The molecule has 0 unspecified atom stereocenters. The molecule has 5 nitrogen and oxygen atoms in total. The largest absolute Gasteiger partial charge is 0.333 e. The van der Waals surface area contributed by atoms with Crippen molar-refractivity contribution in [1.29, 1.82) is 5.26 Å². The van der Waals surface area contributed by atoms with Gasteiger partial charge in [-0.15, -0.1) is 0 Å². The number of benzene rings is 2. The van der Waals surface area contributed by atoms with Gasteiger partial charge in [0.05, 0.1) is 18.2 Å². The molecule has 0 spiro atoms. The number of nitrogens with zero attached hydrogens (tertiary/aromatic N) is 2. The fourth-order valence-electron chi connectivity index (χ4n) is 2.33. The molecule has 0 heterocycles. The molecule has 0 saturated carbocycles. The Morgan fingerprint density at radius 3 is 2.42 bits per heavy atom. The fourth-order valence-corrected chi connectivity index (χ4v) is 2.83. The zero-order chi connectivity index (χ0) is 19.1. The van der Waals surface area contributed by atoms with E-state index in [1.165, 1.54) is 11.8 Å². The monoisotopic (exact) mass is 389 g/mol. The van der Waals surface area contributed by atoms with Crippen LogP contribution in [-0.4, -0.2) is 29.8 Å². The molecule has 2 aromatic carbocycles. The third-order valence-corrected chi connectivity index (χ3v) is 4.33. The number of carbonyl (C=O) groups excluding carboxylic acids is 2. The molecule has 0 fully saturated rings. The van der Waals surface area contributed by atoms with E-state index in [2.05, 4.69) is 5.32 Å². The van der Waals surface area contributed by atoms with Gasteiger partial charge in [-0.2, -0.15) is 5.26 Å². The van der Waals surface area contributed by atoms with Crippen molar-refractivity contribution in [2.24, 2.45) is 0 Å².